The molecule has 3 rings (SSSR count). The molecule has 0 saturated carbocycles. The monoisotopic (exact) mass is 418 g/mol. The second kappa shape index (κ2) is 7.98. The van der Waals surface area contributed by atoms with Crippen LogP contribution in [0, 0.1) is 0 Å². The van der Waals surface area contributed by atoms with Gasteiger partial charge in [0, 0.05) is 6.07 Å². The second-order valence-corrected chi connectivity index (χ2v) is 5.78. The van der Waals surface area contributed by atoms with Crippen LogP contribution in [-0.4, -0.2) is 10.9 Å². The van der Waals surface area contributed by atoms with E-state index in [2.05, 4.69) is 0 Å². The third kappa shape index (κ3) is 5.37. The molecule has 0 saturated heterocycles. The van der Waals surface area contributed by atoms with Crippen LogP contribution in [0.15, 0.2) is 57.9 Å². The average molecular weight is 418 g/mol. The topological polar surface area (TPSA) is 67.5 Å². The van der Waals surface area contributed by atoms with Crippen LogP contribution >= 0.6 is 0 Å². The highest BCUT2D eigenvalue weighted by Crippen LogP contribution is 2.33. The normalized spacial score (nSPS) is 11.7. The van der Waals surface area contributed by atoms with Crippen molar-refractivity contribution in [3.63, 3.8) is 0 Å². The van der Waals surface area contributed by atoms with Crippen LogP contribution in [-0.2, 0) is 12.4 Å². The number of carbonyl (C=O) groups excluding carboxylic acids is 1. The number of phenolic OH excluding ortho intramolecular Hbond substituents is 1. The van der Waals surface area contributed by atoms with E-state index in [0.717, 1.165) is 42.7 Å². The van der Waals surface area contributed by atoms with Crippen molar-refractivity contribution in [1.29, 1.82) is 0 Å². The molecule has 0 unspecified atom stereocenters. The minimum absolute atomic E-state index is 0.0580. The summed E-state index contributed by atoms with van der Waals surface area (Å²) in [5, 5.41) is 9.25. The van der Waals surface area contributed by atoms with Gasteiger partial charge in [0.1, 0.15) is 11.3 Å². The number of Topliss-reactive ketones (excluding diaryl/α,β-unsaturated/α-hetero) is 1. The lowest BCUT2D eigenvalue weighted by Gasteiger charge is -2.08. The largest absolute Gasteiger partial charge is 0.507 e. The van der Waals surface area contributed by atoms with Crippen LogP contribution in [0.2, 0.25) is 0 Å². The van der Waals surface area contributed by atoms with Gasteiger partial charge in [-0.05, 0) is 43.3 Å². The quantitative estimate of drug-likeness (QED) is 0.423. The number of benzene rings is 2. The number of carbonyl (C=O) groups is 1. The maximum absolute atomic E-state index is 12.3. The zero-order valence-corrected chi connectivity index (χ0v) is 14.6. The van der Waals surface area contributed by atoms with Gasteiger partial charge >= 0.3 is 12.4 Å². The molecule has 0 fully saturated rings. The number of phenols is 1. The standard InChI is InChI=1S/C10H5F3O2.C9H7F3O2/c11-10(12,13)6-1-2-7-8(14)3-4-15-9(7)5-6;1-5(13)7-3-2-6(4-8(7)14)9(10,11)12/h1-5H;2-4,14H,1H3. The number of aromatic hydroxyl groups is 1. The molecule has 0 bridgehead atoms. The second-order valence-electron chi connectivity index (χ2n) is 5.78. The van der Waals surface area contributed by atoms with E-state index < -0.39 is 35.0 Å². The molecule has 0 radical (unpaired) electrons. The molecule has 0 spiro atoms. The van der Waals surface area contributed by atoms with E-state index in [1.165, 1.54) is 6.92 Å². The van der Waals surface area contributed by atoms with Gasteiger partial charge in [0.05, 0.1) is 28.3 Å². The minimum Gasteiger partial charge on any atom is -0.507 e. The molecule has 10 heteroatoms. The maximum atomic E-state index is 12.3. The van der Waals surface area contributed by atoms with Crippen molar-refractivity contribution in [3.05, 3.63) is 75.6 Å². The van der Waals surface area contributed by atoms with Gasteiger partial charge in [0.15, 0.2) is 11.2 Å². The van der Waals surface area contributed by atoms with E-state index in [-0.39, 0.29) is 22.0 Å². The molecular formula is C19H12F6O4. The van der Waals surface area contributed by atoms with E-state index in [9.17, 15) is 35.9 Å². The third-order valence-corrected chi connectivity index (χ3v) is 3.69. The smallest absolute Gasteiger partial charge is 0.416 e. The van der Waals surface area contributed by atoms with Gasteiger partial charge in [-0.3, -0.25) is 9.59 Å². The van der Waals surface area contributed by atoms with Crippen molar-refractivity contribution >= 4 is 16.8 Å². The molecule has 1 N–H and O–H groups in total. The summed E-state index contributed by atoms with van der Waals surface area (Å²) in [6.45, 7) is 1.17. The predicted molar refractivity (Wildman–Crippen MR) is 90.6 cm³/mol. The summed E-state index contributed by atoms with van der Waals surface area (Å²) >= 11 is 0. The first-order chi connectivity index (χ1) is 13.3. The van der Waals surface area contributed by atoms with Crippen LogP contribution in [0.25, 0.3) is 11.0 Å². The molecule has 0 aliphatic heterocycles. The van der Waals surface area contributed by atoms with Crippen molar-refractivity contribution < 1.29 is 40.7 Å². The first kappa shape index (κ1) is 22.0. The summed E-state index contributed by atoms with van der Waals surface area (Å²) in [7, 11) is 0. The Morgan fingerprint density at radius 1 is 0.897 bits per heavy atom. The van der Waals surface area contributed by atoms with E-state index in [1.807, 2.05) is 0 Å². The lowest BCUT2D eigenvalue weighted by Crippen LogP contribution is -2.06. The Bertz CT molecular complexity index is 1100. The fourth-order valence-electron chi connectivity index (χ4n) is 2.26. The number of halogens is 6. The first-order valence-corrected chi connectivity index (χ1v) is 7.80. The SMILES string of the molecule is CC(=O)c1ccc(C(F)(F)F)cc1O.O=c1ccoc2cc(C(F)(F)F)ccc12. The molecule has 1 aromatic heterocycles. The van der Waals surface area contributed by atoms with Gasteiger partial charge in [0.25, 0.3) is 0 Å². The predicted octanol–water partition coefficient (Wildman–Crippen LogP) is 5.43. The number of alkyl halides is 6. The Morgan fingerprint density at radius 2 is 1.45 bits per heavy atom. The molecule has 29 heavy (non-hydrogen) atoms. The van der Waals surface area contributed by atoms with E-state index in [4.69, 9.17) is 9.52 Å². The van der Waals surface area contributed by atoms with E-state index in [0.29, 0.717) is 6.07 Å². The number of ketones is 1. The summed E-state index contributed by atoms with van der Waals surface area (Å²) in [4.78, 5) is 22.0. The summed E-state index contributed by atoms with van der Waals surface area (Å²) in [5.74, 6) is -1.12. The molecule has 0 atom stereocenters. The van der Waals surface area contributed by atoms with E-state index in [1.54, 1.807) is 0 Å². The molecule has 1 heterocycles. The Hall–Kier alpha value is -3.30. The lowest BCUT2D eigenvalue weighted by atomic mass is 10.1. The van der Waals surface area contributed by atoms with Gasteiger partial charge < -0.3 is 9.52 Å². The highest BCUT2D eigenvalue weighted by Gasteiger charge is 2.31. The van der Waals surface area contributed by atoms with Crippen molar-refractivity contribution in [2.75, 3.05) is 0 Å². The van der Waals surface area contributed by atoms with Gasteiger partial charge in [0.2, 0.25) is 0 Å². The van der Waals surface area contributed by atoms with Crippen molar-refractivity contribution in [2.24, 2.45) is 0 Å². The zero-order chi connectivity index (χ0) is 22.0. The Kier molecular flexibility index (Phi) is 6.05. The third-order valence-electron chi connectivity index (χ3n) is 3.69. The number of rotatable bonds is 1. The summed E-state index contributed by atoms with van der Waals surface area (Å²) in [6.07, 6.45) is -7.86. The molecule has 0 aliphatic carbocycles. The summed E-state index contributed by atoms with van der Waals surface area (Å²) in [5.41, 5.74) is -2.33. The highest BCUT2D eigenvalue weighted by atomic mass is 19.4. The van der Waals surface area contributed by atoms with Gasteiger partial charge in [-0.2, -0.15) is 26.3 Å². The Labute approximate surface area is 159 Å². The molecule has 4 nitrogen and oxygen atoms in total. The minimum atomic E-state index is -4.51. The molecule has 154 valence electrons. The highest BCUT2D eigenvalue weighted by molar-refractivity contribution is 5.96. The maximum Gasteiger partial charge on any atom is 0.416 e. The van der Waals surface area contributed by atoms with Crippen LogP contribution in [0.1, 0.15) is 28.4 Å². The lowest BCUT2D eigenvalue weighted by molar-refractivity contribution is -0.138. The fraction of sp³-hybridized carbons (Fsp3) is 0.158. The Morgan fingerprint density at radius 3 is 1.97 bits per heavy atom. The average Bonchev–Trinajstić information content (AvgIpc) is 2.60. The summed E-state index contributed by atoms with van der Waals surface area (Å²) < 4.78 is 78.0. The van der Waals surface area contributed by atoms with Gasteiger partial charge in [-0.1, -0.05) is 0 Å². The van der Waals surface area contributed by atoms with Gasteiger partial charge in [-0.15, -0.1) is 0 Å². The Balaban J connectivity index is 0.000000208. The molecule has 2 aromatic carbocycles. The van der Waals surface area contributed by atoms with Crippen LogP contribution in [0.4, 0.5) is 26.3 Å². The fourth-order valence-corrected chi connectivity index (χ4v) is 2.26. The van der Waals surface area contributed by atoms with Crippen molar-refractivity contribution in [2.45, 2.75) is 19.3 Å². The number of hydrogen-bond donors (Lipinski definition) is 1. The zero-order valence-electron chi connectivity index (χ0n) is 14.6. The molecule has 0 amide bonds. The number of hydrogen-bond acceptors (Lipinski definition) is 4. The summed E-state index contributed by atoms with van der Waals surface area (Å²) in [6, 6.07) is 6.21. The van der Waals surface area contributed by atoms with Crippen LogP contribution in [0.5, 0.6) is 5.75 Å². The molecule has 0 aliphatic rings. The van der Waals surface area contributed by atoms with Crippen LogP contribution < -0.4 is 5.43 Å². The first-order valence-electron chi connectivity index (χ1n) is 7.80. The molecule has 3 aromatic rings. The van der Waals surface area contributed by atoms with Crippen molar-refractivity contribution in [1.82, 2.24) is 0 Å². The number of fused-ring (bicyclic) bond motifs is 1. The van der Waals surface area contributed by atoms with Crippen LogP contribution in [0.3, 0.4) is 0 Å². The van der Waals surface area contributed by atoms with Gasteiger partial charge in [-0.25, -0.2) is 0 Å². The van der Waals surface area contributed by atoms with Crippen molar-refractivity contribution in [3.8, 4) is 5.75 Å². The van der Waals surface area contributed by atoms with E-state index >= 15 is 0 Å². The molecular weight excluding hydrogens is 406 g/mol.